The number of hydrogen-bond donors (Lipinski definition) is 2. The second kappa shape index (κ2) is 9.73. The molecule has 114 valence electrons. The van der Waals surface area contributed by atoms with Gasteiger partial charge in [-0.05, 0) is 6.92 Å². The number of hydrogen-bond acceptors (Lipinski definition) is 7. The van der Waals surface area contributed by atoms with E-state index in [0.717, 1.165) is 0 Å². The molecule has 0 aromatic heterocycles. The highest BCUT2D eigenvalue weighted by Crippen LogP contribution is 2.00. The fraction of sp³-hybridized carbons (Fsp3) is 0.636. The third kappa shape index (κ3) is 11.0. The summed E-state index contributed by atoms with van der Waals surface area (Å²) in [6, 6.07) is 0. The van der Waals surface area contributed by atoms with Crippen LogP contribution in [0.3, 0.4) is 0 Å². The van der Waals surface area contributed by atoms with E-state index in [2.05, 4.69) is 14.5 Å². The zero-order valence-electron chi connectivity index (χ0n) is 10.9. The molecule has 0 heterocycles. The summed E-state index contributed by atoms with van der Waals surface area (Å²) < 4.78 is 4.67. The third-order valence-corrected chi connectivity index (χ3v) is 1.87. The lowest BCUT2D eigenvalue weighted by Crippen LogP contribution is -2.21. The van der Waals surface area contributed by atoms with Gasteiger partial charge in [-0.3, -0.25) is 19.3 Å². The molecule has 0 saturated heterocycles. The second-order valence-corrected chi connectivity index (χ2v) is 3.83. The van der Waals surface area contributed by atoms with E-state index in [-0.39, 0.29) is 32.3 Å². The molecule has 20 heavy (non-hydrogen) atoms. The molecule has 0 aromatic rings. The van der Waals surface area contributed by atoms with Gasteiger partial charge in [0, 0.05) is 0 Å². The quantitative estimate of drug-likeness (QED) is 0.326. The Labute approximate surface area is 114 Å². The minimum atomic E-state index is -1.14. The Balaban J connectivity index is 3.70. The number of aliphatic carboxylic acids is 2. The first-order valence-electron chi connectivity index (χ1n) is 5.76. The zero-order chi connectivity index (χ0) is 15.5. The monoisotopic (exact) mass is 292 g/mol. The predicted molar refractivity (Wildman–Crippen MR) is 61.3 cm³/mol. The molecule has 0 spiro atoms. The smallest absolute Gasteiger partial charge is 0.342 e. The molecule has 1 unspecified atom stereocenters. The zero-order valence-corrected chi connectivity index (χ0v) is 10.9. The molecule has 0 aromatic carbocycles. The van der Waals surface area contributed by atoms with Crippen molar-refractivity contribution in [3.63, 3.8) is 0 Å². The van der Waals surface area contributed by atoms with Gasteiger partial charge in [0.2, 0.25) is 0 Å². The molecule has 2 N–H and O–H groups in total. The van der Waals surface area contributed by atoms with Crippen LogP contribution in [0.1, 0.15) is 32.6 Å². The van der Waals surface area contributed by atoms with Crippen LogP contribution in [0.25, 0.3) is 0 Å². The van der Waals surface area contributed by atoms with Crippen molar-refractivity contribution in [2.24, 2.45) is 0 Å². The van der Waals surface area contributed by atoms with Crippen LogP contribution in [0.2, 0.25) is 0 Å². The van der Waals surface area contributed by atoms with E-state index in [1.165, 1.54) is 6.92 Å². The van der Waals surface area contributed by atoms with Gasteiger partial charge in [0.25, 0.3) is 0 Å². The Bertz CT molecular complexity index is 329. The summed E-state index contributed by atoms with van der Waals surface area (Å²) in [5.74, 6) is -3.81. The van der Waals surface area contributed by atoms with Crippen LogP contribution >= 0.6 is 0 Å². The molecule has 0 rings (SSSR count). The lowest BCUT2D eigenvalue weighted by molar-refractivity contribution is -0.299. The van der Waals surface area contributed by atoms with Crippen LogP contribution in [0.4, 0.5) is 0 Å². The van der Waals surface area contributed by atoms with Crippen LogP contribution in [0, 0.1) is 0 Å². The summed E-state index contributed by atoms with van der Waals surface area (Å²) in [7, 11) is 0. The van der Waals surface area contributed by atoms with E-state index in [4.69, 9.17) is 10.2 Å². The number of ether oxygens (including phenoxy) is 1. The van der Waals surface area contributed by atoms with Crippen LogP contribution in [0.5, 0.6) is 0 Å². The van der Waals surface area contributed by atoms with Gasteiger partial charge >= 0.3 is 23.9 Å². The molecular formula is C11H16O9. The highest BCUT2D eigenvalue weighted by molar-refractivity contribution is 5.76. The fourth-order valence-electron chi connectivity index (χ4n) is 0.906. The van der Waals surface area contributed by atoms with Gasteiger partial charge in [-0.1, -0.05) is 0 Å². The maximum Gasteiger partial charge on any atom is 0.342 e. The lowest BCUT2D eigenvalue weighted by atomic mass is 10.3. The SMILES string of the molecule is CC(COC(=O)CCC(=O)O)OOC(=O)CCC(=O)O. The third-order valence-electron chi connectivity index (χ3n) is 1.87. The first-order chi connectivity index (χ1) is 9.31. The van der Waals surface area contributed by atoms with Crippen LogP contribution in [-0.4, -0.2) is 46.8 Å². The molecule has 9 nitrogen and oxygen atoms in total. The number of carboxylic acid groups (broad SMARTS) is 2. The standard InChI is InChI=1S/C11H16O9/c1-7(6-18-10(16)4-2-8(12)13)19-20-11(17)5-3-9(14)15/h7H,2-6H2,1H3,(H,12,13)(H,14,15). The van der Waals surface area contributed by atoms with E-state index >= 15 is 0 Å². The number of esters is 1. The Hall–Kier alpha value is -2.16. The minimum Gasteiger partial charge on any atom is -0.481 e. The molecule has 9 heteroatoms. The molecule has 1 atom stereocenters. The maximum atomic E-state index is 11.1. The number of carbonyl (C=O) groups is 4. The molecule has 0 aliphatic heterocycles. The van der Waals surface area contributed by atoms with E-state index < -0.39 is 30.0 Å². The average molecular weight is 292 g/mol. The Morgan fingerprint density at radius 1 is 0.900 bits per heavy atom. The Morgan fingerprint density at radius 3 is 1.90 bits per heavy atom. The highest BCUT2D eigenvalue weighted by atomic mass is 17.2. The number of carboxylic acids is 2. The first-order valence-corrected chi connectivity index (χ1v) is 5.76. The summed E-state index contributed by atoms with van der Waals surface area (Å²) in [6.07, 6.45) is -2.06. The van der Waals surface area contributed by atoms with Crippen molar-refractivity contribution in [2.75, 3.05) is 6.61 Å². The minimum absolute atomic E-state index is 0.218. The van der Waals surface area contributed by atoms with Crippen molar-refractivity contribution in [1.29, 1.82) is 0 Å². The summed E-state index contributed by atoms with van der Waals surface area (Å²) >= 11 is 0. The van der Waals surface area contributed by atoms with E-state index in [1.807, 2.05) is 0 Å². The van der Waals surface area contributed by atoms with Gasteiger partial charge in [0.15, 0.2) is 0 Å². The van der Waals surface area contributed by atoms with Gasteiger partial charge in [-0.15, -0.1) is 0 Å². The Morgan fingerprint density at radius 2 is 1.40 bits per heavy atom. The first kappa shape index (κ1) is 17.8. The topological polar surface area (TPSA) is 136 Å². The van der Waals surface area contributed by atoms with Crippen molar-refractivity contribution >= 4 is 23.9 Å². The van der Waals surface area contributed by atoms with Crippen molar-refractivity contribution in [2.45, 2.75) is 38.7 Å². The van der Waals surface area contributed by atoms with Crippen molar-refractivity contribution in [3.8, 4) is 0 Å². The van der Waals surface area contributed by atoms with Gasteiger partial charge in [-0.25, -0.2) is 4.79 Å². The van der Waals surface area contributed by atoms with E-state index in [9.17, 15) is 19.2 Å². The largest absolute Gasteiger partial charge is 0.481 e. The summed E-state index contributed by atoms with van der Waals surface area (Å²) in [5, 5.41) is 16.7. The van der Waals surface area contributed by atoms with Crippen molar-refractivity contribution < 1.29 is 43.9 Å². The average Bonchev–Trinajstić information content (AvgIpc) is 2.37. The number of carbonyl (C=O) groups excluding carboxylic acids is 2. The van der Waals surface area contributed by atoms with Crippen LogP contribution < -0.4 is 0 Å². The summed E-state index contributed by atoms with van der Waals surface area (Å²) in [6.45, 7) is 1.24. The molecule has 0 bridgehead atoms. The van der Waals surface area contributed by atoms with Crippen molar-refractivity contribution in [3.05, 3.63) is 0 Å². The molecule has 0 aliphatic carbocycles. The Kier molecular flexibility index (Phi) is 8.68. The molecule has 0 fully saturated rings. The van der Waals surface area contributed by atoms with Gasteiger partial charge in [-0.2, -0.15) is 4.89 Å². The van der Waals surface area contributed by atoms with Crippen LogP contribution in [-0.2, 0) is 33.7 Å². The van der Waals surface area contributed by atoms with E-state index in [1.54, 1.807) is 0 Å². The lowest BCUT2D eigenvalue weighted by Gasteiger charge is -2.11. The molecular weight excluding hydrogens is 276 g/mol. The van der Waals surface area contributed by atoms with Gasteiger partial charge in [0.05, 0.1) is 25.7 Å². The predicted octanol–water partition coefficient (Wildman–Crippen LogP) is 0.122. The van der Waals surface area contributed by atoms with E-state index in [0.29, 0.717) is 0 Å². The normalized spacial score (nSPS) is 11.4. The second-order valence-electron chi connectivity index (χ2n) is 3.83. The highest BCUT2D eigenvalue weighted by Gasteiger charge is 2.13. The van der Waals surface area contributed by atoms with Crippen LogP contribution in [0.15, 0.2) is 0 Å². The van der Waals surface area contributed by atoms with Gasteiger partial charge < -0.3 is 14.9 Å². The number of rotatable bonds is 10. The molecule has 0 amide bonds. The van der Waals surface area contributed by atoms with Crippen molar-refractivity contribution in [1.82, 2.24) is 0 Å². The molecule has 0 aliphatic rings. The summed E-state index contributed by atoms with van der Waals surface area (Å²) in [5.41, 5.74) is 0. The molecule has 0 saturated carbocycles. The van der Waals surface area contributed by atoms with Gasteiger partial charge in [0.1, 0.15) is 12.7 Å². The summed E-state index contributed by atoms with van der Waals surface area (Å²) in [4.78, 5) is 51.3. The molecule has 0 radical (unpaired) electrons. The fourth-order valence-corrected chi connectivity index (χ4v) is 0.906. The maximum absolute atomic E-state index is 11.1.